The van der Waals surface area contributed by atoms with E-state index in [1.165, 1.54) is 37.8 Å². The topological polar surface area (TPSA) is 114 Å². The van der Waals surface area contributed by atoms with Gasteiger partial charge in [-0.2, -0.15) is 0 Å². The second-order valence-electron chi connectivity index (χ2n) is 14.2. The molecule has 0 aliphatic carbocycles. The first-order valence-electron chi connectivity index (χ1n) is 20.4. The molecule has 0 radical (unpaired) electrons. The van der Waals surface area contributed by atoms with E-state index in [1.807, 2.05) is 97.1 Å². The number of carbonyl (C=O) groups excluding carboxylic acids is 4. The molecule has 0 aliphatic heterocycles. The largest absolute Gasteiger partial charge is 0.465 e. The third-order valence-electron chi connectivity index (χ3n) is 9.87. The lowest BCUT2D eigenvalue weighted by Gasteiger charge is -2.18. The van der Waals surface area contributed by atoms with E-state index in [0.717, 1.165) is 60.8 Å². The molecule has 0 saturated carbocycles. The van der Waals surface area contributed by atoms with E-state index < -0.39 is 0 Å². The number of unbranched alkanes of at least 4 members (excludes halogenated alkanes) is 9. The van der Waals surface area contributed by atoms with Crippen LogP contribution in [0.15, 0.2) is 133 Å². The molecule has 8 nitrogen and oxygen atoms in total. The van der Waals surface area contributed by atoms with Gasteiger partial charge >= 0.3 is 5.97 Å². The van der Waals surface area contributed by atoms with Gasteiger partial charge in [-0.15, -0.1) is 0 Å². The van der Waals surface area contributed by atoms with Crippen LogP contribution in [-0.4, -0.2) is 49.9 Å². The Morgan fingerprint density at radius 2 is 0.821 bits per heavy atom. The molecule has 0 saturated heterocycles. The van der Waals surface area contributed by atoms with E-state index in [2.05, 4.69) is 40.2 Å². The van der Waals surface area contributed by atoms with Crippen molar-refractivity contribution in [2.75, 3.05) is 26.2 Å². The number of benzene rings is 4. The van der Waals surface area contributed by atoms with E-state index in [4.69, 9.17) is 4.74 Å². The van der Waals surface area contributed by atoms with Gasteiger partial charge in [-0.1, -0.05) is 173 Å². The summed E-state index contributed by atoms with van der Waals surface area (Å²) >= 11 is 0. The van der Waals surface area contributed by atoms with Crippen LogP contribution in [0.25, 0.3) is 0 Å². The van der Waals surface area contributed by atoms with Crippen molar-refractivity contribution in [3.05, 3.63) is 156 Å². The van der Waals surface area contributed by atoms with Gasteiger partial charge < -0.3 is 20.7 Å². The van der Waals surface area contributed by atoms with Crippen molar-refractivity contribution in [2.45, 2.75) is 88.9 Å². The zero-order valence-corrected chi connectivity index (χ0v) is 32.7. The average molecular weight is 758 g/mol. The summed E-state index contributed by atoms with van der Waals surface area (Å²) in [7, 11) is 0. The molecule has 4 aromatic carbocycles. The molecule has 0 fully saturated rings. The van der Waals surface area contributed by atoms with E-state index in [0.29, 0.717) is 19.6 Å². The molecule has 4 rings (SSSR count). The van der Waals surface area contributed by atoms with Gasteiger partial charge in [0.1, 0.15) is 6.61 Å². The van der Waals surface area contributed by atoms with E-state index >= 15 is 0 Å². The molecular weight excluding hydrogens is 699 g/mol. The maximum absolute atomic E-state index is 12.5. The van der Waals surface area contributed by atoms with Crippen LogP contribution in [-0.2, 0) is 23.9 Å². The summed E-state index contributed by atoms with van der Waals surface area (Å²) in [5.41, 5.74) is 4.42. The van der Waals surface area contributed by atoms with Crippen molar-refractivity contribution in [2.24, 2.45) is 0 Å². The molecule has 0 aliphatic rings. The van der Waals surface area contributed by atoms with Crippen LogP contribution in [0.3, 0.4) is 0 Å². The highest BCUT2D eigenvalue weighted by Crippen LogP contribution is 2.25. The van der Waals surface area contributed by atoms with Crippen LogP contribution >= 0.6 is 0 Å². The molecule has 56 heavy (non-hydrogen) atoms. The highest BCUT2D eigenvalue weighted by atomic mass is 16.5. The molecule has 0 unspecified atom stereocenters. The zero-order chi connectivity index (χ0) is 39.5. The van der Waals surface area contributed by atoms with Crippen LogP contribution in [0.2, 0.25) is 0 Å². The Morgan fingerprint density at radius 1 is 0.446 bits per heavy atom. The molecule has 0 atom stereocenters. The summed E-state index contributed by atoms with van der Waals surface area (Å²) in [5.74, 6) is -1.04. The van der Waals surface area contributed by atoms with Crippen LogP contribution in [0.1, 0.15) is 111 Å². The summed E-state index contributed by atoms with van der Waals surface area (Å²) < 4.78 is 5.59. The predicted octanol–water partition coefficient (Wildman–Crippen LogP) is 8.78. The molecule has 0 heterocycles. The first kappa shape index (κ1) is 43.2. The van der Waals surface area contributed by atoms with Gasteiger partial charge in [-0.25, -0.2) is 0 Å². The zero-order valence-electron chi connectivity index (χ0n) is 32.7. The molecule has 4 aromatic rings. The summed E-state index contributed by atoms with van der Waals surface area (Å²) in [5, 5.41) is 8.75. The SMILES string of the molecule is O=C(/C=C\C(=O)NCC(c1ccccc1)c1ccccc1)NCCCCCCCCCCCCNC(=O)CCC(=O)OCC(c1ccccc1)c1ccccc1. The van der Waals surface area contributed by atoms with Crippen molar-refractivity contribution in [1.29, 1.82) is 0 Å². The van der Waals surface area contributed by atoms with Gasteiger partial charge in [0.2, 0.25) is 17.7 Å². The van der Waals surface area contributed by atoms with Gasteiger partial charge in [-0.05, 0) is 35.1 Å². The highest BCUT2D eigenvalue weighted by Gasteiger charge is 2.17. The lowest BCUT2D eigenvalue weighted by atomic mass is 9.91. The molecule has 8 heteroatoms. The molecule has 0 spiro atoms. The number of carbonyl (C=O) groups is 4. The number of nitrogens with one attached hydrogen (secondary N) is 3. The molecule has 3 N–H and O–H groups in total. The van der Waals surface area contributed by atoms with E-state index in [-0.39, 0.29) is 55.0 Å². The Balaban J connectivity index is 0.933. The summed E-state index contributed by atoms with van der Waals surface area (Å²) in [6.07, 6.45) is 13.8. The number of ether oxygens (including phenoxy) is 1. The molecular formula is C48H59N3O5. The summed E-state index contributed by atoms with van der Waals surface area (Å²) in [4.78, 5) is 49.4. The fourth-order valence-electron chi connectivity index (χ4n) is 6.68. The highest BCUT2D eigenvalue weighted by molar-refractivity contribution is 5.96. The fraction of sp³-hybridized carbons (Fsp3) is 0.375. The van der Waals surface area contributed by atoms with Gasteiger partial charge in [0.05, 0.1) is 6.42 Å². The first-order chi connectivity index (χ1) is 27.5. The molecule has 3 amide bonds. The van der Waals surface area contributed by atoms with Gasteiger partial charge in [0.25, 0.3) is 0 Å². The standard InChI is InChI=1S/C48H59N3O5/c52-45(31-32-47(54)51-37-43(39-23-13-9-14-24-39)40-25-15-10-16-26-40)49-35-21-7-5-3-1-2-4-6-8-22-36-50-46(53)33-34-48(55)56-38-44(41-27-17-11-18-28-41)42-29-19-12-20-30-42/h9-20,23-32,43-44H,1-8,21-22,33-38H2,(H,49,52)(H,50,53)(H,51,54)/b32-31-. The van der Waals surface area contributed by atoms with Gasteiger partial charge in [0.15, 0.2) is 0 Å². The third-order valence-corrected chi connectivity index (χ3v) is 9.87. The van der Waals surface area contributed by atoms with E-state index in [1.54, 1.807) is 0 Å². The lowest BCUT2D eigenvalue weighted by Crippen LogP contribution is -2.28. The first-order valence-corrected chi connectivity index (χ1v) is 20.4. The number of hydrogen-bond acceptors (Lipinski definition) is 5. The fourth-order valence-corrected chi connectivity index (χ4v) is 6.68. The minimum absolute atomic E-state index is 0.0265. The average Bonchev–Trinajstić information content (AvgIpc) is 3.24. The minimum atomic E-state index is -0.359. The number of rotatable bonds is 26. The predicted molar refractivity (Wildman–Crippen MR) is 224 cm³/mol. The molecule has 296 valence electrons. The lowest BCUT2D eigenvalue weighted by molar-refractivity contribution is -0.145. The minimum Gasteiger partial charge on any atom is -0.465 e. The number of esters is 1. The summed E-state index contributed by atoms with van der Waals surface area (Å²) in [6.45, 7) is 1.90. The Hall–Kier alpha value is -5.50. The van der Waals surface area contributed by atoms with Crippen LogP contribution < -0.4 is 16.0 Å². The van der Waals surface area contributed by atoms with Gasteiger partial charge in [-0.3, -0.25) is 19.2 Å². The van der Waals surface area contributed by atoms with Crippen LogP contribution in [0.5, 0.6) is 0 Å². The Morgan fingerprint density at radius 3 is 1.27 bits per heavy atom. The molecule has 0 bridgehead atoms. The van der Waals surface area contributed by atoms with Crippen molar-refractivity contribution >= 4 is 23.7 Å². The van der Waals surface area contributed by atoms with Crippen LogP contribution in [0, 0.1) is 0 Å². The monoisotopic (exact) mass is 757 g/mol. The second-order valence-corrected chi connectivity index (χ2v) is 14.2. The normalized spacial score (nSPS) is 11.1. The van der Waals surface area contributed by atoms with Crippen LogP contribution in [0.4, 0.5) is 0 Å². The summed E-state index contributed by atoms with van der Waals surface area (Å²) in [6, 6.07) is 40.2. The van der Waals surface area contributed by atoms with Crippen molar-refractivity contribution in [3.63, 3.8) is 0 Å². The maximum Gasteiger partial charge on any atom is 0.306 e. The Labute approximate surface area is 333 Å². The smallest absolute Gasteiger partial charge is 0.306 e. The third kappa shape index (κ3) is 17.3. The number of amides is 3. The van der Waals surface area contributed by atoms with Crippen molar-refractivity contribution in [1.82, 2.24) is 16.0 Å². The maximum atomic E-state index is 12.5. The van der Waals surface area contributed by atoms with Crippen molar-refractivity contribution < 1.29 is 23.9 Å². The Bertz CT molecular complexity index is 1650. The Kier molecular flexibility index (Phi) is 20.3. The molecule has 0 aromatic heterocycles. The van der Waals surface area contributed by atoms with Gasteiger partial charge in [0, 0.05) is 50.0 Å². The van der Waals surface area contributed by atoms with E-state index in [9.17, 15) is 19.2 Å². The van der Waals surface area contributed by atoms with Crippen molar-refractivity contribution in [3.8, 4) is 0 Å². The number of hydrogen-bond donors (Lipinski definition) is 3. The second kappa shape index (κ2) is 26.3. The quantitative estimate of drug-likeness (QED) is 0.0337.